The van der Waals surface area contributed by atoms with Crippen LogP contribution in [-0.4, -0.2) is 35.0 Å². The Kier molecular flexibility index (Phi) is 3.75. The van der Waals surface area contributed by atoms with Gasteiger partial charge in [-0.05, 0) is 25.1 Å². The Bertz CT molecular complexity index is 728. The smallest absolute Gasteiger partial charge is 0.254 e. The van der Waals surface area contributed by atoms with E-state index in [1.54, 1.807) is 17.0 Å². The monoisotopic (exact) mass is 293 g/mol. The third kappa shape index (κ3) is 2.91. The standard InChI is InChI=1S/C17H15N3O2/c1-12-3-2-4-14(7-12)17(21)20-10-15(11-20)22-16-6-5-13(8-18)9-19-16/h2-7,9,15H,10-11H2,1H3. The van der Waals surface area contributed by atoms with Crippen LogP contribution in [0.15, 0.2) is 42.6 Å². The van der Waals surface area contributed by atoms with Gasteiger partial charge in [0.2, 0.25) is 5.88 Å². The van der Waals surface area contributed by atoms with Crippen molar-refractivity contribution < 1.29 is 9.53 Å². The van der Waals surface area contributed by atoms with Crippen LogP contribution in [0.3, 0.4) is 0 Å². The average molecular weight is 293 g/mol. The molecule has 0 spiro atoms. The summed E-state index contributed by atoms with van der Waals surface area (Å²) in [5.41, 5.74) is 2.27. The fraction of sp³-hybridized carbons (Fsp3) is 0.235. The molecule has 0 bridgehead atoms. The van der Waals surface area contributed by atoms with Crippen LogP contribution in [0.5, 0.6) is 5.88 Å². The molecule has 0 atom stereocenters. The number of nitrogens with zero attached hydrogens (tertiary/aromatic N) is 3. The van der Waals surface area contributed by atoms with Crippen LogP contribution < -0.4 is 4.74 Å². The number of aromatic nitrogens is 1. The Morgan fingerprint density at radius 2 is 2.18 bits per heavy atom. The lowest BCUT2D eigenvalue weighted by atomic mass is 10.1. The number of carbonyl (C=O) groups is 1. The van der Waals surface area contributed by atoms with E-state index in [1.807, 2.05) is 37.3 Å². The molecule has 0 unspecified atom stereocenters. The van der Waals surface area contributed by atoms with Crippen LogP contribution in [0.25, 0.3) is 0 Å². The lowest BCUT2D eigenvalue weighted by molar-refractivity contribution is 0.0160. The maximum atomic E-state index is 12.3. The first-order chi connectivity index (χ1) is 10.7. The minimum absolute atomic E-state index is 0.0244. The largest absolute Gasteiger partial charge is 0.471 e. The van der Waals surface area contributed by atoms with E-state index in [0.717, 1.165) is 5.56 Å². The molecule has 0 radical (unpaired) electrons. The molecule has 1 amide bonds. The molecule has 1 aliphatic rings. The first-order valence-corrected chi connectivity index (χ1v) is 7.04. The van der Waals surface area contributed by atoms with E-state index in [4.69, 9.17) is 10.00 Å². The molecule has 110 valence electrons. The van der Waals surface area contributed by atoms with Crippen molar-refractivity contribution in [2.75, 3.05) is 13.1 Å². The predicted octanol–water partition coefficient (Wildman–Crippen LogP) is 2.17. The van der Waals surface area contributed by atoms with Crippen molar-refractivity contribution >= 4 is 5.91 Å². The van der Waals surface area contributed by atoms with Gasteiger partial charge in [0.25, 0.3) is 5.91 Å². The van der Waals surface area contributed by atoms with Crippen molar-refractivity contribution in [2.45, 2.75) is 13.0 Å². The SMILES string of the molecule is Cc1cccc(C(=O)N2CC(Oc3ccc(C#N)cn3)C2)c1. The topological polar surface area (TPSA) is 66.2 Å². The molecule has 0 saturated carbocycles. The predicted molar refractivity (Wildman–Crippen MR) is 80.5 cm³/mol. The molecule has 2 heterocycles. The second-order valence-electron chi connectivity index (χ2n) is 5.32. The summed E-state index contributed by atoms with van der Waals surface area (Å²) in [5.74, 6) is 0.503. The van der Waals surface area contributed by atoms with Gasteiger partial charge in [-0.15, -0.1) is 0 Å². The van der Waals surface area contributed by atoms with Crippen LogP contribution in [-0.2, 0) is 0 Å². The van der Waals surface area contributed by atoms with Gasteiger partial charge in [-0.3, -0.25) is 4.79 Å². The maximum Gasteiger partial charge on any atom is 0.254 e. The number of amides is 1. The maximum absolute atomic E-state index is 12.3. The van der Waals surface area contributed by atoms with Crippen LogP contribution in [0.4, 0.5) is 0 Å². The molecule has 1 fully saturated rings. The third-order valence-electron chi connectivity index (χ3n) is 3.55. The van der Waals surface area contributed by atoms with Crippen molar-refractivity contribution in [3.8, 4) is 11.9 Å². The number of benzene rings is 1. The summed E-state index contributed by atoms with van der Waals surface area (Å²) in [6.45, 7) is 3.07. The van der Waals surface area contributed by atoms with E-state index in [9.17, 15) is 4.79 Å². The van der Waals surface area contributed by atoms with Gasteiger partial charge in [-0.25, -0.2) is 4.98 Å². The van der Waals surface area contributed by atoms with Crippen LogP contribution in [0, 0.1) is 18.3 Å². The van der Waals surface area contributed by atoms with Gasteiger partial charge < -0.3 is 9.64 Å². The minimum atomic E-state index is -0.0470. The summed E-state index contributed by atoms with van der Waals surface area (Å²) in [7, 11) is 0. The number of rotatable bonds is 3. The average Bonchev–Trinajstić information content (AvgIpc) is 2.50. The molecule has 3 rings (SSSR count). The van der Waals surface area contributed by atoms with Gasteiger partial charge in [-0.1, -0.05) is 17.7 Å². The van der Waals surface area contributed by atoms with Crippen LogP contribution in [0.1, 0.15) is 21.5 Å². The molecular weight excluding hydrogens is 278 g/mol. The molecule has 0 N–H and O–H groups in total. The number of hydrogen-bond donors (Lipinski definition) is 0. The third-order valence-corrected chi connectivity index (χ3v) is 3.55. The molecule has 5 nitrogen and oxygen atoms in total. The summed E-state index contributed by atoms with van der Waals surface area (Å²) in [4.78, 5) is 18.1. The second-order valence-corrected chi connectivity index (χ2v) is 5.32. The van der Waals surface area contributed by atoms with Crippen LogP contribution in [0.2, 0.25) is 0 Å². The van der Waals surface area contributed by atoms with Crippen LogP contribution >= 0.6 is 0 Å². The number of pyridine rings is 1. The zero-order valence-electron chi connectivity index (χ0n) is 12.2. The fourth-order valence-electron chi connectivity index (χ4n) is 2.33. The molecule has 1 aromatic heterocycles. The Morgan fingerprint density at radius 3 is 2.82 bits per heavy atom. The number of nitriles is 1. The summed E-state index contributed by atoms with van der Waals surface area (Å²) < 4.78 is 5.68. The van der Waals surface area contributed by atoms with Gasteiger partial charge >= 0.3 is 0 Å². The Labute approximate surface area is 128 Å². The van der Waals surface area contributed by atoms with Crippen molar-refractivity contribution in [2.24, 2.45) is 0 Å². The van der Waals surface area contributed by atoms with E-state index >= 15 is 0 Å². The minimum Gasteiger partial charge on any atom is -0.471 e. The Balaban J connectivity index is 1.55. The lowest BCUT2D eigenvalue weighted by Crippen LogP contribution is -2.56. The van der Waals surface area contributed by atoms with Crippen molar-refractivity contribution in [1.82, 2.24) is 9.88 Å². The second kappa shape index (κ2) is 5.86. The zero-order valence-corrected chi connectivity index (χ0v) is 12.2. The number of likely N-dealkylation sites (tertiary alicyclic amines) is 1. The molecule has 1 aromatic carbocycles. The summed E-state index contributed by atoms with van der Waals surface area (Å²) in [6.07, 6.45) is 1.43. The van der Waals surface area contributed by atoms with Gasteiger partial charge in [-0.2, -0.15) is 5.26 Å². The number of hydrogen-bond acceptors (Lipinski definition) is 4. The molecule has 5 heteroatoms. The highest BCUT2D eigenvalue weighted by atomic mass is 16.5. The van der Waals surface area contributed by atoms with Gasteiger partial charge in [0.15, 0.2) is 0 Å². The molecular formula is C17H15N3O2. The number of aryl methyl sites for hydroxylation is 1. The summed E-state index contributed by atoms with van der Waals surface area (Å²) >= 11 is 0. The molecule has 22 heavy (non-hydrogen) atoms. The van der Waals surface area contributed by atoms with Crippen molar-refractivity contribution in [3.63, 3.8) is 0 Å². The van der Waals surface area contributed by atoms with E-state index in [0.29, 0.717) is 30.1 Å². The quantitative estimate of drug-likeness (QED) is 0.870. The molecule has 0 aliphatic carbocycles. The number of ether oxygens (including phenoxy) is 1. The Hall–Kier alpha value is -2.87. The van der Waals surface area contributed by atoms with Crippen molar-refractivity contribution in [1.29, 1.82) is 5.26 Å². The van der Waals surface area contributed by atoms with Gasteiger partial charge in [0, 0.05) is 17.8 Å². The Morgan fingerprint density at radius 1 is 1.36 bits per heavy atom. The first-order valence-electron chi connectivity index (χ1n) is 7.04. The highest BCUT2D eigenvalue weighted by molar-refractivity contribution is 5.95. The normalized spacial score (nSPS) is 14.1. The highest BCUT2D eigenvalue weighted by Crippen LogP contribution is 2.19. The van der Waals surface area contributed by atoms with E-state index < -0.39 is 0 Å². The first kappa shape index (κ1) is 14.1. The highest BCUT2D eigenvalue weighted by Gasteiger charge is 2.33. The zero-order chi connectivity index (χ0) is 15.5. The summed E-state index contributed by atoms with van der Waals surface area (Å²) in [6, 6.07) is 12.9. The van der Waals surface area contributed by atoms with Crippen molar-refractivity contribution in [3.05, 3.63) is 59.3 Å². The van der Waals surface area contributed by atoms with Gasteiger partial charge in [0.05, 0.1) is 18.7 Å². The van der Waals surface area contributed by atoms with Gasteiger partial charge in [0.1, 0.15) is 12.2 Å². The van der Waals surface area contributed by atoms with E-state index in [2.05, 4.69) is 4.98 Å². The molecule has 1 saturated heterocycles. The lowest BCUT2D eigenvalue weighted by Gasteiger charge is -2.38. The molecule has 1 aliphatic heterocycles. The van der Waals surface area contributed by atoms with E-state index in [-0.39, 0.29) is 12.0 Å². The molecule has 2 aromatic rings. The number of carbonyl (C=O) groups excluding carboxylic acids is 1. The fourth-order valence-corrected chi connectivity index (χ4v) is 2.33. The van der Waals surface area contributed by atoms with E-state index in [1.165, 1.54) is 6.20 Å². The summed E-state index contributed by atoms with van der Waals surface area (Å²) in [5, 5.41) is 8.72.